The summed E-state index contributed by atoms with van der Waals surface area (Å²) in [6.07, 6.45) is 4.92. The van der Waals surface area contributed by atoms with Crippen molar-refractivity contribution in [3.05, 3.63) is 0 Å². The highest BCUT2D eigenvalue weighted by atomic mass is 15.2. The lowest BCUT2D eigenvalue weighted by Gasteiger charge is -2.14. The molecule has 0 aromatic rings. The lowest BCUT2D eigenvalue weighted by molar-refractivity contribution is 0.471. The van der Waals surface area contributed by atoms with E-state index in [1.54, 1.807) is 0 Å². The normalized spacial score (nSPS) is 8.92. The zero-order valence-corrected chi connectivity index (χ0v) is 13.9. The van der Waals surface area contributed by atoms with Crippen LogP contribution in [-0.2, 0) is 0 Å². The van der Waals surface area contributed by atoms with Crippen LogP contribution in [0.5, 0.6) is 0 Å². The molecule has 26 heavy (non-hydrogen) atoms. The predicted molar refractivity (Wildman–Crippen MR) is 104 cm³/mol. The van der Waals surface area contributed by atoms with Gasteiger partial charge in [0.15, 0.2) is 5.84 Å². The average molecular weight is 329 g/mol. The number of nitrogens with zero attached hydrogens (tertiary/aromatic N) is 2. The summed E-state index contributed by atoms with van der Waals surface area (Å²) in [6, 6.07) is 0. The monoisotopic (exact) mass is 329 g/mol. The lowest BCUT2D eigenvalue weighted by atomic mass is 10.4. The zero-order chi connectivity index (χ0) is 18.7. The van der Waals surface area contributed by atoms with Gasteiger partial charge in [-0.3, -0.25) is 4.99 Å². The summed E-state index contributed by atoms with van der Waals surface area (Å²) >= 11 is 0. The van der Waals surface area contributed by atoms with Gasteiger partial charge in [-0.2, -0.15) is 0 Å². The SMILES string of the molecule is C#CC#CC#CC#CC#CC#CC#CC#CC#CC1=NCCN1CCN. The third-order valence-corrected chi connectivity index (χ3v) is 2.45. The Morgan fingerprint density at radius 3 is 1.69 bits per heavy atom. The van der Waals surface area contributed by atoms with Crippen molar-refractivity contribution in [2.24, 2.45) is 10.7 Å². The van der Waals surface area contributed by atoms with Crippen molar-refractivity contribution in [1.29, 1.82) is 0 Å². The first-order chi connectivity index (χ1) is 12.9. The first kappa shape index (κ1) is 19.5. The predicted octanol–water partition coefficient (Wildman–Crippen LogP) is -0.680. The fraction of sp³-hybridized carbons (Fsp3) is 0.174. The first-order valence-corrected chi connectivity index (χ1v) is 7.34. The molecule has 1 rings (SSSR count). The highest BCUT2D eigenvalue weighted by molar-refractivity contribution is 6.00. The van der Waals surface area contributed by atoms with Crippen molar-refractivity contribution in [3.8, 4) is 107 Å². The van der Waals surface area contributed by atoms with E-state index in [2.05, 4.69) is 106 Å². The quantitative estimate of drug-likeness (QED) is 0.682. The highest BCUT2D eigenvalue weighted by Gasteiger charge is 2.12. The maximum atomic E-state index is 5.52. The van der Waals surface area contributed by atoms with Gasteiger partial charge in [0.2, 0.25) is 0 Å². The van der Waals surface area contributed by atoms with E-state index in [0.717, 1.165) is 25.5 Å². The Hall–Kier alpha value is -4.53. The summed E-state index contributed by atoms with van der Waals surface area (Å²) in [7, 11) is 0. The van der Waals surface area contributed by atoms with Crippen molar-refractivity contribution < 1.29 is 0 Å². The van der Waals surface area contributed by atoms with E-state index >= 15 is 0 Å². The second kappa shape index (κ2) is 14.1. The standard InChI is InChI=1S/C23H11N3/c1-2-3-4-5-6-7-8-9-10-11-12-13-14-15-16-17-18-23-25-20-22-26(23)21-19-24/h1H,19-22,24H2. The van der Waals surface area contributed by atoms with Gasteiger partial charge in [0, 0.05) is 19.6 Å². The van der Waals surface area contributed by atoms with E-state index in [4.69, 9.17) is 12.2 Å². The number of aliphatic imine (C=N–C) groups is 1. The third-order valence-electron chi connectivity index (χ3n) is 2.45. The summed E-state index contributed by atoms with van der Waals surface area (Å²) in [5.74, 6) is 43.5. The van der Waals surface area contributed by atoms with Gasteiger partial charge in [0.25, 0.3) is 0 Å². The molecule has 1 heterocycles. The molecule has 0 aromatic carbocycles. The van der Waals surface area contributed by atoms with E-state index in [-0.39, 0.29) is 0 Å². The van der Waals surface area contributed by atoms with Crippen LogP contribution in [0.1, 0.15) is 0 Å². The molecule has 0 radical (unpaired) electrons. The number of hydrogen-bond donors (Lipinski definition) is 1. The van der Waals surface area contributed by atoms with Crippen LogP contribution in [-0.4, -0.2) is 36.9 Å². The van der Waals surface area contributed by atoms with Crippen molar-refractivity contribution in [2.75, 3.05) is 26.2 Å². The first-order valence-electron chi connectivity index (χ1n) is 7.34. The summed E-state index contributed by atoms with van der Waals surface area (Å²) in [5.41, 5.74) is 5.52. The Morgan fingerprint density at radius 1 is 0.769 bits per heavy atom. The molecule has 3 heteroatoms. The number of amidine groups is 1. The number of rotatable bonds is 2. The molecule has 0 unspecified atom stereocenters. The van der Waals surface area contributed by atoms with Crippen LogP contribution in [0.4, 0.5) is 0 Å². The van der Waals surface area contributed by atoms with Gasteiger partial charge in [0.05, 0.1) is 6.54 Å². The van der Waals surface area contributed by atoms with Crippen molar-refractivity contribution in [3.63, 3.8) is 0 Å². The molecule has 0 aliphatic carbocycles. The molecular weight excluding hydrogens is 318 g/mol. The maximum Gasteiger partial charge on any atom is 0.177 e. The molecule has 0 atom stereocenters. The maximum absolute atomic E-state index is 5.52. The van der Waals surface area contributed by atoms with Crippen molar-refractivity contribution >= 4 is 5.84 Å². The number of hydrogen-bond acceptors (Lipinski definition) is 3. The largest absolute Gasteiger partial charge is 0.347 e. The van der Waals surface area contributed by atoms with Gasteiger partial charge in [-0.05, 0) is 101 Å². The van der Waals surface area contributed by atoms with Crippen LogP contribution >= 0.6 is 0 Å². The molecule has 3 nitrogen and oxygen atoms in total. The van der Waals surface area contributed by atoms with Gasteiger partial charge in [0.1, 0.15) is 0 Å². The van der Waals surface area contributed by atoms with Crippen molar-refractivity contribution in [2.45, 2.75) is 0 Å². The zero-order valence-electron chi connectivity index (χ0n) is 13.9. The summed E-state index contributed by atoms with van der Waals surface area (Å²) < 4.78 is 0. The van der Waals surface area contributed by atoms with Gasteiger partial charge >= 0.3 is 0 Å². The summed E-state index contributed by atoms with van der Waals surface area (Å²) in [4.78, 5) is 6.31. The van der Waals surface area contributed by atoms with E-state index in [0.29, 0.717) is 6.54 Å². The molecule has 0 fully saturated rings. The fourth-order valence-electron chi connectivity index (χ4n) is 1.50. The van der Waals surface area contributed by atoms with Crippen LogP contribution in [0.2, 0.25) is 0 Å². The molecule has 0 saturated carbocycles. The molecule has 0 bridgehead atoms. The molecule has 1 aliphatic rings. The number of terminal acetylenes is 1. The second-order valence-electron chi connectivity index (χ2n) is 4.13. The Labute approximate surface area is 155 Å². The van der Waals surface area contributed by atoms with Gasteiger partial charge in [-0.25, -0.2) is 0 Å². The van der Waals surface area contributed by atoms with Crippen LogP contribution in [0, 0.1) is 107 Å². The van der Waals surface area contributed by atoms with Gasteiger partial charge < -0.3 is 10.6 Å². The van der Waals surface area contributed by atoms with Gasteiger partial charge in [-0.1, -0.05) is 0 Å². The Morgan fingerprint density at radius 2 is 1.23 bits per heavy atom. The molecule has 0 amide bonds. The van der Waals surface area contributed by atoms with E-state index < -0.39 is 0 Å². The Balaban J connectivity index is 2.46. The van der Waals surface area contributed by atoms with Crippen LogP contribution in [0.25, 0.3) is 0 Å². The minimum absolute atomic E-state index is 0.569. The second-order valence-corrected chi connectivity index (χ2v) is 4.13. The lowest BCUT2D eigenvalue weighted by Crippen LogP contribution is -2.31. The Bertz CT molecular complexity index is 1100. The van der Waals surface area contributed by atoms with E-state index in [1.807, 2.05) is 4.90 Å². The summed E-state index contributed by atoms with van der Waals surface area (Å²) in [5, 5.41) is 0. The smallest absolute Gasteiger partial charge is 0.177 e. The van der Waals surface area contributed by atoms with Gasteiger partial charge in [-0.15, -0.1) is 6.42 Å². The molecule has 1 aliphatic heterocycles. The summed E-state index contributed by atoms with van der Waals surface area (Å²) in [6.45, 7) is 2.90. The van der Waals surface area contributed by atoms with Crippen LogP contribution < -0.4 is 5.73 Å². The minimum atomic E-state index is 0.569. The molecular formula is C23H11N3. The number of nitrogens with two attached hydrogens (primary N) is 1. The van der Waals surface area contributed by atoms with E-state index in [1.165, 1.54) is 0 Å². The van der Waals surface area contributed by atoms with Crippen LogP contribution in [0.15, 0.2) is 4.99 Å². The van der Waals surface area contributed by atoms with Crippen LogP contribution in [0.3, 0.4) is 0 Å². The fourth-order valence-corrected chi connectivity index (χ4v) is 1.50. The average Bonchev–Trinajstić information content (AvgIpc) is 3.09. The Kier molecular flexibility index (Phi) is 10.6. The molecule has 0 saturated heterocycles. The van der Waals surface area contributed by atoms with E-state index in [9.17, 15) is 0 Å². The molecule has 2 N–H and O–H groups in total. The highest BCUT2D eigenvalue weighted by Crippen LogP contribution is 1.98. The molecule has 0 aromatic heterocycles. The minimum Gasteiger partial charge on any atom is -0.347 e. The van der Waals surface area contributed by atoms with Crippen molar-refractivity contribution in [1.82, 2.24) is 4.90 Å². The molecule has 0 spiro atoms. The third kappa shape index (κ3) is 9.48. The topological polar surface area (TPSA) is 41.6 Å². The molecule has 118 valence electrons.